The Morgan fingerprint density at radius 1 is 1.30 bits per heavy atom. The summed E-state index contributed by atoms with van der Waals surface area (Å²) in [5.41, 5.74) is -0.166. The highest BCUT2D eigenvalue weighted by atomic mass is 16.5. The van der Waals surface area contributed by atoms with Gasteiger partial charge in [0.2, 0.25) is 5.91 Å². The number of hydrogen-bond donors (Lipinski definition) is 1. The third-order valence-electron chi connectivity index (χ3n) is 6.05. The van der Waals surface area contributed by atoms with E-state index >= 15 is 0 Å². The smallest absolute Gasteiger partial charge is 0.244 e. The number of hydrogen-bond acceptors (Lipinski definition) is 3. The van der Waals surface area contributed by atoms with E-state index in [9.17, 15) is 4.79 Å². The predicted molar refractivity (Wildman–Crippen MR) is 76.1 cm³/mol. The monoisotopic (exact) mass is 278 g/mol. The Balaban J connectivity index is 1.57. The zero-order valence-electron chi connectivity index (χ0n) is 12.4. The van der Waals surface area contributed by atoms with Crippen molar-refractivity contribution in [2.45, 2.75) is 69.6 Å². The van der Waals surface area contributed by atoms with Crippen LogP contribution in [0, 0.1) is 11.8 Å². The first-order chi connectivity index (χ1) is 9.71. The molecule has 3 atom stereocenters. The highest BCUT2D eigenvalue weighted by Crippen LogP contribution is 2.47. The fraction of sp³-hybridized carbons (Fsp3) is 0.938. The molecule has 112 valence electrons. The average molecular weight is 278 g/mol. The predicted octanol–water partition coefficient (Wildman–Crippen LogP) is 1.89. The molecule has 2 aliphatic carbocycles. The lowest BCUT2D eigenvalue weighted by molar-refractivity contribution is -0.134. The molecule has 20 heavy (non-hydrogen) atoms. The molecule has 0 aromatic carbocycles. The van der Waals surface area contributed by atoms with Gasteiger partial charge in [0.05, 0.1) is 18.3 Å². The van der Waals surface area contributed by atoms with E-state index in [4.69, 9.17) is 4.74 Å². The molecule has 1 N–H and O–H groups in total. The number of nitrogens with one attached hydrogen (secondary N) is 1. The Bertz CT molecular complexity index is 395. The molecule has 3 unspecified atom stereocenters. The van der Waals surface area contributed by atoms with Gasteiger partial charge in [-0.05, 0) is 44.9 Å². The third kappa shape index (κ3) is 1.92. The summed E-state index contributed by atoms with van der Waals surface area (Å²) >= 11 is 0. The Labute approximate surface area is 121 Å². The minimum Gasteiger partial charge on any atom is -0.381 e. The molecule has 0 aromatic rings. The highest BCUT2D eigenvalue weighted by Gasteiger charge is 2.61. The Hall–Kier alpha value is -0.610. The molecule has 1 amide bonds. The molecule has 2 saturated heterocycles. The van der Waals surface area contributed by atoms with Crippen LogP contribution in [0.3, 0.4) is 0 Å². The summed E-state index contributed by atoms with van der Waals surface area (Å²) in [5, 5.41) is 3.72. The largest absolute Gasteiger partial charge is 0.381 e. The van der Waals surface area contributed by atoms with Gasteiger partial charge in [-0.25, -0.2) is 0 Å². The number of carbonyl (C=O) groups is 1. The van der Waals surface area contributed by atoms with E-state index in [0.29, 0.717) is 30.0 Å². The lowest BCUT2D eigenvalue weighted by Crippen LogP contribution is -2.49. The lowest BCUT2D eigenvalue weighted by Gasteiger charge is -2.36. The van der Waals surface area contributed by atoms with E-state index in [1.54, 1.807) is 0 Å². The first-order valence-electron chi connectivity index (χ1n) is 8.39. The molecule has 2 heterocycles. The van der Waals surface area contributed by atoms with Crippen molar-refractivity contribution in [3.63, 3.8) is 0 Å². The minimum atomic E-state index is -0.166. The van der Waals surface area contributed by atoms with Gasteiger partial charge in [-0.15, -0.1) is 0 Å². The van der Waals surface area contributed by atoms with Crippen molar-refractivity contribution in [3.05, 3.63) is 0 Å². The van der Waals surface area contributed by atoms with Crippen LogP contribution in [0.4, 0.5) is 0 Å². The molecule has 1 spiro atoms. The van der Waals surface area contributed by atoms with Crippen molar-refractivity contribution < 1.29 is 9.53 Å². The van der Waals surface area contributed by atoms with Crippen molar-refractivity contribution in [2.24, 2.45) is 11.8 Å². The number of nitrogens with zero attached hydrogens (tertiary/aromatic N) is 1. The van der Waals surface area contributed by atoms with Gasteiger partial charge in [-0.2, -0.15) is 0 Å². The van der Waals surface area contributed by atoms with Crippen molar-refractivity contribution in [3.8, 4) is 0 Å². The van der Waals surface area contributed by atoms with Gasteiger partial charge in [0, 0.05) is 18.6 Å². The number of amides is 1. The molecule has 2 saturated carbocycles. The summed E-state index contributed by atoms with van der Waals surface area (Å²) in [5.74, 6) is 1.58. The van der Waals surface area contributed by atoms with E-state index in [2.05, 4.69) is 17.1 Å². The standard InChI is InChI=1S/C16H26N2O2/c1-11(13-6-9-20-10-13)18-14(12-4-2-3-5-12)17-16(7-8-16)15(18)19/h11-14,17H,2-10H2,1H3. The molecular weight excluding hydrogens is 252 g/mol. The van der Waals surface area contributed by atoms with Gasteiger partial charge in [-0.3, -0.25) is 10.1 Å². The van der Waals surface area contributed by atoms with Gasteiger partial charge >= 0.3 is 0 Å². The number of ether oxygens (including phenoxy) is 1. The fourth-order valence-electron chi connectivity index (χ4n) is 4.49. The van der Waals surface area contributed by atoms with E-state index in [0.717, 1.165) is 32.5 Å². The molecule has 0 radical (unpaired) electrons. The van der Waals surface area contributed by atoms with Crippen LogP contribution >= 0.6 is 0 Å². The van der Waals surface area contributed by atoms with Crippen molar-refractivity contribution in [1.82, 2.24) is 10.2 Å². The first-order valence-corrected chi connectivity index (χ1v) is 8.39. The average Bonchev–Trinajstić information content (AvgIpc) is 2.92. The highest BCUT2D eigenvalue weighted by molar-refractivity contribution is 5.92. The second-order valence-corrected chi connectivity index (χ2v) is 7.29. The van der Waals surface area contributed by atoms with Gasteiger partial charge in [0.1, 0.15) is 0 Å². The van der Waals surface area contributed by atoms with Crippen LogP contribution in [-0.2, 0) is 9.53 Å². The molecule has 0 bridgehead atoms. The molecule has 2 aliphatic heterocycles. The van der Waals surface area contributed by atoms with Crippen LogP contribution in [0.25, 0.3) is 0 Å². The van der Waals surface area contributed by atoms with Crippen LogP contribution in [-0.4, -0.2) is 41.8 Å². The molecule has 4 nitrogen and oxygen atoms in total. The molecule has 4 aliphatic rings. The van der Waals surface area contributed by atoms with E-state index in [1.807, 2.05) is 0 Å². The topological polar surface area (TPSA) is 41.6 Å². The second kappa shape index (κ2) is 4.70. The Morgan fingerprint density at radius 3 is 2.65 bits per heavy atom. The summed E-state index contributed by atoms with van der Waals surface area (Å²) in [6, 6.07) is 0.322. The maximum absolute atomic E-state index is 12.9. The third-order valence-corrected chi connectivity index (χ3v) is 6.05. The quantitative estimate of drug-likeness (QED) is 0.857. The lowest BCUT2D eigenvalue weighted by atomic mass is 9.96. The van der Waals surface area contributed by atoms with Crippen molar-refractivity contribution in [2.75, 3.05) is 13.2 Å². The molecule has 4 rings (SSSR count). The SMILES string of the molecule is CC(C1CCOC1)N1C(=O)C2(CC2)NC1C1CCCC1. The summed E-state index contributed by atoms with van der Waals surface area (Å²) < 4.78 is 5.54. The second-order valence-electron chi connectivity index (χ2n) is 7.29. The zero-order valence-corrected chi connectivity index (χ0v) is 12.4. The first kappa shape index (κ1) is 13.1. The molecular formula is C16H26N2O2. The maximum atomic E-state index is 12.9. The summed E-state index contributed by atoms with van der Waals surface area (Å²) in [4.78, 5) is 15.1. The summed E-state index contributed by atoms with van der Waals surface area (Å²) in [7, 11) is 0. The summed E-state index contributed by atoms with van der Waals surface area (Å²) in [6.45, 7) is 3.93. The van der Waals surface area contributed by atoms with Crippen molar-refractivity contribution >= 4 is 5.91 Å². The molecule has 4 fully saturated rings. The van der Waals surface area contributed by atoms with Crippen LogP contribution in [0.5, 0.6) is 0 Å². The van der Waals surface area contributed by atoms with Gasteiger partial charge in [-0.1, -0.05) is 12.8 Å². The van der Waals surface area contributed by atoms with Crippen LogP contribution in [0.15, 0.2) is 0 Å². The zero-order chi connectivity index (χ0) is 13.7. The normalized spacial score (nSPS) is 38.0. The van der Waals surface area contributed by atoms with Crippen molar-refractivity contribution in [1.29, 1.82) is 0 Å². The van der Waals surface area contributed by atoms with E-state index in [1.165, 1.54) is 25.7 Å². The number of carbonyl (C=O) groups excluding carboxylic acids is 1. The molecule has 0 aromatic heterocycles. The Kier molecular flexibility index (Phi) is 3.08. The Morgan fingerprint density at radius 2 is 2.05 bits per heavy atom. The maximum Gasteiger partial charge on any atom is 0.244 e. The van der Waals surface area contributed by atoms with Gasteiger partial charge < -0.3 is 9.64 Å². The van der Waals surface area contributed by atoms with E-state index < -0.39 is 0 Å². The van der Waals surface area contributed by atoms with Crippen LogP contribution in [0.1, 0.15) is 51.9 Å². The van der Waals surface area contributed by atoms with Crippen LogP contribution < -0.4 is 5.32 Å². The minimum absolute atomic E-state index is 0.166. The fourth-order valence-corrected chi connectivity index (χ4v) is 4.49. The van der Waals surface area contributed by atoms with E-state index in [-0.39, 0.29) is 5.54 Å². The van der Waals surface area contributed by atoms with Gasteiger partial charge in [0.25, 0.3) is 0 Å². The number of rotatable bonds is 3. The molecule has 4 heteroatoms. The van der Waals surface area contributed by atoms with Gasteiger partial charge in [0.15, 0.2) is 0 Å². The van der Waals surface area contributed by atoms with Crippen LogP contribution in [0.2, 0.25) is 0 Å². The summed E-state index contributed by atoms with van der Waals surface area (Å²) in [6.07, 6.45) is 8.71.